The molecule has 0 bridgehead atoms. The number of morpholine rings is 1. The van der Waals surface area contributed by atoms with Crippen LogP contribution in [0.4, 0.5) is 5.69 Å². The van der Waals surface area contributed by atoms with Crippen LogP contribution in [0.15, 0.2) is 24.3 Å². The molecule has 2 aromatic rings. The van der Waals surface area contributed by atoms with Gasteiger partial charge < -0.3 is 14.4 Å². The maximum absolute atomic E-state index is 11.4. The average Bonchev–Trinajstić information content (AvgIpc) is 2.97. The molecule has 0 unspecified atom stereocenters. The molecule has 1 aliphatic heterocycles. The molecule has 1 fully saturated rings. The molecular formula is C14H16N4O3. The van der Waals surface area contributed by atoms with E-state index >= 15 is 0 Å². The molecule has 0 atom stereocenters. The Morgan fingerprint density at radius 2 is 2.00 bits per heavy atom. The van der Waals surface area contributed by atoms with Crippen molar-refractivity contribution >= 4 is 11.5 Å². The van der Waals surface area contributed by atoms with Gasteiger partial charge in [-0.25, -0.2) is 0 Å². The molecule has 2 heterocycles. The number of hydrogen-bond acceptors (Lipinski definition) is 6. The minimum atomic E-state index is -0.167. The van der Waals surface area contributed by atoms with E-state index in [9.17, 15) is 4.79 Å². The number of H-pyrrole nitrogens is 1. The summed E-state index contributed by atoms with van der Waals surface area (Å²) >= 11 is 0. The number of Topliss-reactive ketones (excluding diaryl/α,β-unsaturated/α-hetero) is 1. The summed E-state index contributed by atoms with van der Waals surface area (Å²) in [5, 5.41) is 9.89. The standard InChI is InChI=1S/C14H16N4O3/c1-10(19)13-14(16-17-15-13)21-12-4-2-11(3-5-12)18-6-8-20-9-7-18/h2-5H,6-9H2,1H3,(H,15,16,17). The van der Waals surface area contributed by atoms with Crippen LogP contribution in [0.25, 0.3) is 0 Å². The minimum absolute atomic E-state index is 0.167. The van der Waals surface area contributed by atoms with Crippen LogP contribution in [-0.4, -0.2) is 47.5 Å². The van der Waals surface area contributed by atoms with Crippen molar-refractivity contribution in [2.24, 2.45) is 0 Å². The number of nitrogens with one attached hydrogen (secondary N) is 1. The third-order valence-corrected chi connectivity index (χ3v) is 3.30. The van der Waals surface area contributed by atoms with Gasteiger partial charge in [-0.05, 0) is 24.3 Å². The Morgan fingerprint density at radius 1 is 1.29 bits per heavy atom. The number of carbonyl (C=O) groups is 1. The topological polar surface area (TPSA) is 80.3 Å². The molecule has 0 amide bonds. The van der Waals surface area contributed by atoms with E-state index in [0.29, 0.717) is 5.75 Å². The van der Waals surface area contributed by atoms with Gasteiger partial charge in [-0.2, -0.15) is 0 Å². The second-order valence-corrected chi connectivity index (χ2v) is 4.74. The van der Waals surface area contributed by atoms with Gasteiger partial charge in [0.2, 0.25) is 0 Å². The Morgan fingerprint density at radius 3 is 2.67 bits per heavy atom. The summed E-state index contributed by atoms with van der Waals surface area (Å²) < 4.78 is 10.9. The van der Waals surface area contributed by atoms with Gasteiger partial charge in [0.05, 0.1) is 13.2 Å². The fraction of sp³-hybridized carbons (Fsp3) is 0.357. The van der Waals surface area contributed by atoms with Crippen LogP contribution in [0, 0.1) is 0 Å². The molecule has 3 rings (SSSR count). The Kier molecular flexibility index (Phi) is 3.83. The molecule has 0 saturated carbocycles. The zero-order valence-electron chi connectivity index (χ0n) is 11.7. The lowest BCUT2D eigenvalue weighted by Gasteiger charge is -2.28. The van der Waals surface area contributed by atoms with Crippen molar-refractivity contribution in [3.63, 3.8) is 0 Å². The Balaban J connectivity index is 1.72. The highest BCUT2D eigenvalue weighted by Crippen LogP contribution is 2.25. The largest absolute Gasteiger partial charge is 0.436 e. The molecule has 1 N–H and O–H groups in total. The van der Waals surface area contributed by atoms with Crippen LogP contribution in [0.2, 0.25) is 0 Å². The van der Waals surface area contributed by atoms with Gasteiger partial charge in [0.25, 0.3) is 5.88 Å². The predicted molar refractivity (Wildman–Crippen MR) is 75.9 cm³/mol. The van der Waals surface area contributed by atoms with Crippen molar-refractivity contribution in [1.29, 1.82) is 0 Å². The number of rotatable bonds is 4. The Hall–Kier alpha value is -2.41. The molecule has 7 heteroatoms. The number of anilines is 1. The molecule has 1 aromatic heterocycles. The predicted octanol–water partition coefficient (Wildman–Crippen LogP) is 1.64. The van der Waals surface area contributed by atoms with Crippen LogP contribution in [0.5, 0.6) is 11.6 Å². The number of aromatic nitrogens is 3. The minimum Gasteiger partial charge on any atom is -0.436 e. The zero-order valence-corrected chi connectivity index (χ0v) is 11.7. The second-order valence-electron chi connectivity index (χ2n) is 4.74. The number of hydrogen-bond donors (Lipinski definition) is 1. The molecule has 1 aromatic carbocycles. The van der Waals surface area contributed by atoms with E-state index in [-0.39, 0.29) is 17.4 Å². The second kappa shape index (κ2) is 5.92. The summed E-state index contributed by atoms with van der Waals surface area (Å²) in [6, 6.07) is 7.66. The van der Waals surface area contributed by atoms with Crippen molar-refractivity contribution in [3.05, 3.63) is 30.0 Å². The number of nitrogens with zero attached hydrogens (tertiary/aromatic N) is 3. The highest BCUT2D eigenvalue weighted by molar-refractivity contribution is 5.94. The first kappa shape index (κ1) is 13.6. The zero-order chi connectivity index (χ0) is 14.7. The fourth-order valence-corrected chi connectivity index (χ4v) is 2.18. The van der Waals surface area contributed by atoms with Crippen LogP contribution in [0.1, 0.15) is 17.4 Å². The molecule has 21 heavy (non-hydrogen) atoms. The third kappa shape index (κ3) is 3.03. The van der Waals surface area contributed by atoms with Crippen molar-refractivity contribution in [3.8, 4) is 11.6 Å². The van der Waals surface area contributed by atoms with Gasteiger partial charge in [0.1, 0.15) is 5.75 Å². The van der Waals surface area contributed by atoms with Gasteiger partial charge in [-0.3, -0.25) is 9.89 Å². The normalized spacial score (nSPS) is 15.0. The molecule has 0 radical (unpaired) electrons. The van der Waals surface area contributed by atoms with Gasteiger partial charge >= 0.3 is 0 Å². The average molecular weight is 288 g/mol. The molecular weight excluding hydrogens is 272 g/mol. The van der Waals surface area contributed by atoms with Gasteiger partial charge in [-0.15, -0.1) is 0 Å². The summed E-state index contributed by atoms with van der Waals surface area (Å²) in [4.78, 5) is 13.6. The number of ether oxygens (including phenoxy) is 2. The first-order chi connectivity index (χ1) is 10.2. The Labute approximate surface area is 121 Å². The highest BCUT2D eigenvalue weighted by Gasteiger charge is 2.14. The molecule has 110 valence electrons. The van der Waals surface area contributed by atoms with E-state index in [4.69, 9.17) is 9.47 Å². The van der Waals surface area contributed by atoms with E-state index in [1.165, 1.54) is 6.92 Å². The number of ketones is 1. The molecule has 1 aliphatic rings. The summed E-state index contributed by atoms with van der Waals surface area (Å²) in [7, 11) is 0. The summed E-state index contributed by atoms with van der Waals surface area (Å²) in [5.41, 5.74) is 1.39. The highest BCUT2D eigenvalue weighted by atomic mass is 16.5. The van der Waals surface area contributed by atoms with E-state index in [1.807, 2.05) is 24.3 Å². The van der Waals surface area contributed by atoms with Gasteiger partial charge in [0.15, 0.2) is 11.5 Å². The van der Waals surface area contributed by atoms with Gasteiger partial charge in [0, 0.05) is 25.7 Å². The van der Waals surface area contributed by atoms with Gasteiger partial charge in [-0.1, -0.05) is 10.3 Å². The number of carbonyl (C=O) groups excluding carboxylic acids is 1. The van der Waals surface area contributed by atoms with Crippen LogP contribution >= 0.6 is 0 Å². The lowest BCUT2D eigenvalue weighted by molar-refractivity contribution is 0.101. The van der Waals surface area contributed by atoms with Crippen molar-refractivity contribution in [1.82, 2.24) is 15.4 Å². The third-order valence-electron chi connectivity index (χ3n) is 3.30. The number of aromatic amines is 1. The summed E-state index contributed by atoms with van der Waals surface area (Å²) in [5.74, 6) is 0.643. The summed E-state index contributed by atoms with van der Waals surface area (Å²) in [6.45, 7) is 4.71. The van der Waals surface area contributed by atoms with Crippen LogP contribution in [-0.2, 0) is 4.74 Å². The first-order valence-corrected chi connectivity index (χ1v) is 6.76. The van der Waals surface area contributed by atoms with Crippen molar-refractivity contribution in [2.75, 3.05) is 31.2 Å². The maximum atomic E-state index is 11.4. The van der Waals surface area contributed by atoms with E-state index < -0.39 is 0 Å². The van der Waals surface area contributed by atoms with Crippen LogP contribution < -0.4 is 9.64 Å². The van der Waals surface area contributed by atoms with E-state index in [1.54, 1.807) is 0 Å². The van der Waals surface area contributed by atoms with E-state index in [2.05, 4.69) is 20.3 Å². The first-order valence-electron chi connectivity index (χ1n) is 6.76. The van der Waals surface area contributed by atoms with Crippen LogP contribution in [0.3, 0.4) is 0 Å². The maximum Gasteiger partial charge on any atom is 0.269 e. The smallest absolute Gasteiger partial charge is 0.269 e. The molecule has 0 aliphatic carbocycles. The lowest BCUT2D eigenvalue weighted by atomic mass is 10.2. The van der Waals surface area contributed by atoms with Crippen molar-refractivity contribution < 1.29 is 14.3 Å². The molecule has 0 spiro atoms. The molecule has 1 saturated heterocycles. The fourth-order valence-electron chi connectivity index (χ4n) is 2.18. The van der Waals surface area contributed by atoms with E-state index in [0.717, 1.165) is 32.0 Å². The Bertz CT molecular complexity index is 617. The monoisotopic (exact) mass is 288 g/mol. The van der Waals surface area contributed by atoms with Crippen molar-refractivity contribution in [2.45, 2.75) is 6.92 Å². The lowest BCUT2D eigenvalue weighted by Crippen LogP contribution is -2.36. The molecule has 7 nitrogen and oxygen atoms in total. The SMILES string of the molecule is CC(=O)c1[nH]nnc1Oc1ccc(N2CCOCC2)cc1. The summed E-state index contributed by atoms with van der Waals surface area (Å²) in [6.07, 6.45) is 0. The number of benzene rings is 1. The quantitative estimate of drug-likeness (QED) is 0.861.